The van der Waals surface area contributed by atoms with Crippen LogP contribution in [0, 0.1) is 0 Å². The van der Waals surface area contributed by atoms with Crippen molar-refractivity contribution < 1.29 is 9.59 Å². The molecular formula is C22H33N3O2. The molecule has 5 nitrogen and oxygen atoms in total. The maximum absolute atomic E-state index is 12.2. The molecule has 2 aliphatic carbocycles. The lowest BCUT2D eigenvalue weighted by molar-refractivity contribution is -0.121. The summed E-state index contributed by atoms with van der Waals surface area (Å²) in [6.07, 6.45) is 10.9. The number of hydrogen-bond acceptors (Lipinski definition) is 2. The highest BCUT2D eigenvalue weighted by Gasteiger charge is 2.16. The molecule has 0 aliphatic heterocycles. The SMILES string of the molecule is CC(NC(=O)CCNC(=O)NC1CCCCC1)c1ccc2c(c1)CCCC2. The smallest absolute Gasteiger partial charge is 0.315 e. The molecule has 1 aromatic carbocycles. The fourth-order valence-corrected chi connectivity index (χ4v) is 4.19. The van der Waals surface area contributed by atoms with E-state index in [9.17, 15) is 9.59 Å². The maximum atomic E-state index is 12.2. The van der Waals surface area contributed by atoms with Gasteiger partial charge in [0.2, 0.25) is 5.91 Å². The Kier molecular flexibility index (Phi) is 7.13. The first-order chi connectivity index (χ1) is 13.1. The van der Waals surface area contributed by atoms with Crippen LogP contribution >= 0.6 is 0 Å². The van der Waals surface area contributed by atoms with Gasteiger partial charge < -0.3 is 16.0 Å². The molecule has 27 heavy (non-hydrogen) atoms. The van der Waals surface area contributed by atoms with Gasteiger partial charge in [-0.05, 0) is 62.1 Å². The highest BCUT2D eigenvalue weighted by molar-refractivity contribution is 5.78. The van der Waals surface area contributed by atoms with Gasteiger partial charge in [0.1, 0.15) is 0 Å². The first-order valence-corrected chi connectivity index (χ1v) is 10.6. The molecular weight excluding hydrogens is 338 g/mol. The Hall–Kier alpha value is -2.04. The van der Waals surface area contributed by atoms with Gasteiger partial charge in [-0.2, -0.15) is 0 Å². The lowest BCUT2D eigenvalue weighted by atomic mass is 9.89. The van der Waals surface area contributed by atoms with Crippen LogP contribution in [0.3, 0.4) is 0 Å². The van der Waals surface area contributed by atoms with Gasteiger partial charge in [0, 0.05) is 19.0 Å². The first kappa shape index (κ1) is 19.7. The second-order valence-corrected chi connectivity index (χ2v) is 8.01. The third-order valence-corrected chi connectivity index (χ3v) is 5.83. The second kappa shape index (κ2) is 9.77. The Morgan fingerprint density at radius 1 is 1.04 bits per heavy atom. The normalized spacial score (nSPS) is 18.3. The van der Waals surface area contributed by atoms with Gasteiger partial charge in [0.05, 0.1) is 6.04 Å². The van der Waals surface area contributed by atoms with Crippen molar-refractivity contribution in [2.24, 2.45) is 0 Å². The summed E-state index contributed by atoms with van der Waals surface area (Å²) in [7, 11) is 0. The zero-order chi connectivity index (χ0) is 19.1. The van der Waals surface area contributed by atoms with Crippen molar-refractivity contribution in [3.8, 4) is 0 Å². The number of urea groups is 1. The van der Waals surface area contributed by atoms with Crippen LogP contribution in [0.2, 0.25) is 0 Å². The average molecular weight is 372 g/mol. The maximum Gasteiger partial charge on any atom is 0.315 e. The van der Waals surface area contributed by atoms with Crippen molar-refractivity contribution in [2.75, 3.05) is 6.54 Å². The molecule has 148 valence electrons. The van der Waals surface area contributed by atoms with Crippen molar-refractivity contribution in [1.29, 1.82) is 0 Å². The van der Waals surface area contributed by atoms with E-state index in [1.165, 1.54) is 49.7 Å². The van der Waals surface area contributed by atoms with Gasteiger partial charge in [-0.3, -0.25) is 4.79 Å². The van der Waals surface area contributed by atoms with E-state index >= 15 is 0 Å². The molecule has 2 aliphatic rings. The Labute approximate surface area is 162 Å². The third kappa shape index (κ3) is 5.98. The van der Waals surface area contributed by atoms with Crippen molar-refractivity contribution >= 4 is 11.9 Å². The van der Waals surface area contributed by atoms with Crippen LogP contribution in [-0.4, -0.2) is 24.5 Å². The Morgan fingerprint density at radius 3 is 2.56 bits per heavy atom. The minimum Gasteiger partial charge on any atom is -0.350 e. The van der Waals surface area contributed by atoms with Crippen molar-refractivity contribution in [2.45, 2.75) is 83.2 Å². The fourth-order valence-electron chi connectivity index (χ4n) is 4.19. The second-order valence-electron chi connectivity index (χ2n) is 8.01. The lowest BCUT2D eigenvalue weighted by Crippen LogP contribution is -2.43. The largest absolute Gasteiger partial charge is 0.350 e. The van der Waals surface area contributed by atoms with Gasteiger partial charge in [-0.15, -0.1) is 0 Å². The molecule has 0 radical (unpaired) electrons. The van der Waals surface area contributed by atoms with Gasteiger partial charge in [0.25, 0.3) is 0 Å². The van der Waals surface area contributed by atoms with Crippen LogP contribution in [0.4, 0.5) is 4.79 Å². The third-order valence-electron chi connectivity index (χ3n) is 5.83. The minimum atomic E-state index is -0.155. The molecule has 0 bridgehead atoms. The van der Waals surface area contributed by atoms with Crippen molar-refractivity contribution in [1.82, 2.24) is 16.0 Å². The standard InChI is InChI=1S/C22H33N3O2/c1-16(18-12-11-17-7-5-6-8-19(17)15-18)24-21(26)13-14-23-22(27)25-20-9-3-2-4-10-20/h11-12,15-16,20H,2-10,13-14H2,1H3,(H,24,26)(H2,23,25,27). The van der Waals surface area contributed by atoms with E-state index in [1.54, 1.807) is 0 Å². The van der Waals surface area contributed by atoms with Crippen molar-refractivity contribution in [3.63, 3.8) is 0 Å². The quantitative estimate of drug-likeness (QED) is 0.712. The van der Waals surface area contributed by atoms with E-state index in [0.717, 1.165) is 24.8 Å². The fraction of sp³-hybridized carbons (Fsp3) is 0.636. The number of fused-ring (bicyclic) bond motifs is 1. The summed E-state index contributed by atoms with van der Waals surface area (Å²) in [6, 6.07) is 6.71. The number of benzene rings is 1. The van der Waals surface area contributed by atoms with Crippen molar-refractivity contribution in [3.05, 3.63) is 34.9 Å². The molecule has 0 saturated heterocycles. The van der Waals surface area contributed by atoms with E-state index in [-0.39, 0.29) is 24.0 Å². The summed E-state index contributed by atoms with van der Waals surface area (Å²) in [4.78, 5) is 24.1. The minimum absolute atomic E-state index is 0.0132. The molecule has 1 unspecified atom stereocenters. The summed E-state index contributed by atoms with van der Waals surface area (Å²) < 4.78 is 0. The van der Waals surface area contributed by atoms with E-state index in [2.05, 4.69) is 34.1 Å². The summed E-state index contributed by atoms with van der Waals surface area (Å²) in [5, 5.41) is 8.86. The Morgan fingerprint density at radius 2 is 1.78 bits per heavy atom. The van der Waals surface area contributed by atoms with E-state index in [0.29, 0.717) is 13.0 Å². The Balaban J connectivity index is 1.37. The van der Waals surface area contributed by atoms with Crippen LogP contribution in [-0.2, 0) is 17.6 Å². The molecule has 1 fully saturated rings. The molecule has 0 spiro atoms. The van der Waals surface area contributed by atoms with Gasteiger partial charge >= 0.3 is 6.03 Å². The molecule has 1 atom stereocenters. The predicted molar refractivity (Wildman–Crippen MR) is 108 cm³/mol. The molecule has 3 N–H and O–H groups in total. The van der Waals surface area contributed by atoms with Crippen LogP contribution in [0.15, 0.2) is 18.2 Å². The summed E-state index contributed by atoms with van der Waals surface area (Å²) in [6.45, 7) is 2.38. The number of nitrogens with one attached hydrogen (secondary N) is 3. The zero-order valence-corrected chi connectivity index (χ0v) is 16.5. The number of amides is 3. The summed E-state index contributed by atoms with van der Waals surface area (Å²) in [5.74, 6) is -0.0295. The molecule has 0 aromatic heterocycles. The highest BCUT2D eigenvalue weighted by Crippen LogP contribution is 2.24. The number of rotatable bonds is 6. The average Bonchev–Trinajstić information content (AvgIpc) is 2.68. The first-order valence-electron chi connectivity index (χ1n) is 10.6. The molecule has 1 aromatic rings. The number of hydrogen-bond donors (Lipinski definition) is 3. The molecule has 0 heterocycles. The van der Waals surface area contributed by atoms with Crippen LogP contribution in [0.25, 0.3) is 0 Å². The summed E-state index contributed by atoms with van der Waals surface area (Å²) >= 11 is 0. The van der Waals surface area contributed by atoms with E-state index < -0.39 is 0 Å². The predicted octanol–water partition coefficient (Wildman–Crippen LogP) is 3.76. The highest BCUT2D eigenvalue weighted by atomic mass is 16.2. The Bertz CT molecular complexity index is 653. The molecule has 3 rings (SSSR count). The topological polar surface area (TPSA) is 70.2 Å². The molecule has 3 amide bonds. The van der Waals surface area contributed by atoms with Crippen LogP contribution in [0.1, 0.15) is 81.0 Å². The van der Waals surface area contributed by atoms with Crippen LogP contribution < -0.4 is 16.0 Å². The van der Waals surface area contributed by atoms with Gasteiger partial charge in [0.15, 0.2) is 0 Å². The van der Waals surface area contributed by atoms with E-state index in [4.69, 9.17) is 0 Å². The number of carbonyl (C=O) groups excluding carboxylic acids is 2. The van der Waals surface area contributed by atoms with E-state index in [1.807, 2.05) is 6.92 Å². The monoisotopic (exact) mass is 371 g/mol. The zero-order valence-electron chi connectivity index (χ0n) is 16.5. The molecule has 5 heteroatoms. The summed E-state index contributed by atoms with van der Waals surface area (Å²) in [5.41, 5.74) is 4.05. The van der Waals surface area contributed by atoms with Crippen LogP contribution in [0.5, 0.6) is 0 Å². The lowest BCUT2D eigenvalue weighted by Gasteiger charge is -2.23. The van der Waals surface area contributed by atoms with Gasteiger partial charge in [-0.1, -0.05) is 37.5 Å². The molecule has 1 saturated carbocycles. The number of carbonyl (C=O) groups is 2. The van der Waals surface area contributed by atoms with Gasteiger partial charge in [-0.25, -0.2) is 4.79 Å². The number of aryl methyl sites for hydroxylation is 2.